The van der Waals surface area contributed by atoms with E-state index in [4.69, 9.17) is 9.47 Å². The summed E-state index contributed by atoms with van der Waals surface area (Å²) in [5, 5.41) is 14.5. The van der Waals surface area contributed by atoms with Crippen LogP contribution in [0.3, 0.4) is 0 Å². The van der Waals surface area contributed by atoms with Crippen LogP contribution in [0.25, 0.3) is 5.69 Å². The lowest BCUT2D eigenvalue weighted by molar-refractivity contribution is -0.0126. The van der Waals surface area contributed by atoms with Crippen molar-refractivity contribution in [2.75, 3.05) is 13.9 Å². The second kappa shape index (κ2) is 5.97. The molecule has 0 spiro atoms. The first-order chi connectivity index (χ1) is 9.99. The van der Waals surface area contributed by atoms with Gasteiger partial charge in [-0.2, -0.15) is 5.10 Å². The Morgan fingerprint density at radius 1 is 1.29 bits per heavy atom. The summed E-state index contributed by atoms with van der Waals surface area (Å²) in [6, 6.07) is 1.75. The Bertz CT molecular complexity index is 663. The van der Waals surface area contributed by atoms with Crippen LogP contribution in [0, 0.1) is 20.8 Å². The Morgan fingerprint density at radius 3 is 2.57 bits per heavy atom. The fourth-order valence-electron chi connectivity index (χ4n) is 2.29. The molecule has 112 valence electrons. The summed E-state index contributed by atoms with van der Waals surface area (Å²) in [4.78, 5) is 12.2. The standard InChI is InChI=1S/C15H18N2O4/c1-9-10(2)14(18)13(17-7-5-6-16-17)11(3)12(9)15(19)21-8-20-4/h5-7,18H,8H2,1-4H3. The molecule has 0 saturated carbocycles. The molecule has 0 amide bonds. The minimum Gasteiger partial charge on any atom is -0.505 e. The quantitative estimate of drug-likeness (QED) is 0.690. The highest BCUT2D eigenvalue weighted by molar-refractivity contribution is 5.95. The molecule has 0 aliphatic carbocycles. The lowest BCUT2D eigenvalue weighted by atomic mass is 9.95. The van der Waals surface area contributed by atoms with E-state index in [1.807, 2.05) is 0 Å². The van der Waals surface area contributed by atoms with Crippen LogP contribution in [-0.4, -0.2) is 34.8 Å². The Kier molecular flexibility index (Phi) is 4.28. The number of aromatic hydroxyl groups is 1. The average molecular weight is 290 g/mol. The number of benzene rings is 1. The van der Waals surface area contributed by atoms with Gasteiger partial charge in [-0.3, -0.25) is 0 Å². The number of aromatic nitrogens is 2. The van der Waals surface area contributed by atoms with Crippen LogP contribution in [0.5, 0.6) is 5.75 Å². The number of hydrogen-bond acceptors (Lipinski definition) is 5. The number of esters is 1. The lowest BCUT2D eigenvalue weighted by Crippen LogP contribution is -2.14. The topological polar surface area (TPSA) is 73.6 Å². The maximum absolute atomic E-state index is 12.2. The Balaban J connectivity index is 2.64. The van der Waals surface area contributed by atoms with Crippen molar-refractivity contribution in [2.24, 2.45) is 0 Å². The highest BCUT2D eigenvalue weighted by Gasteiger charge is 2.23. The molecule has 0 atom stereocenters. The average Bonchev–Trinajstić information content (AvgIpc) is 2.97. The van der Waals surface area contributed by atoms with Crippen molar-refractivity contribution in [3.05, 3.63) is 40.7 Å². The second-order valence-corrected chi connectivity index (χ2v) is 4.74. The van der Waals surface area contributed by atoms with E-state index >= 15 is 0 Å². The van der Waals surface area contributed by atoms with Crippen LogP contribution in [0.15, 0.2) is 18.5 Å². The number of phenolic OH excluding ortho intramolecular Hbond substituents is 1. The predicted octanol–water partition coefficient (Wildman–Crippen LogP) is 2.26. The maximum atomic E-state index is 12.2. The van der Waals surface area contributed by atoms with E-state index in [1.165, 1.54) is 11.8 Å². The van der Waals surface area contributed by atoms with E-state index in [1.54, 1.807) is 39.2 Å². The number of hydrogen-bond donors (Lipinski definition) is 1. The third-order valence-electron chi connectivity index (χ3n) is 3.49. The SMILES string of the molecule is COCOC(=O)c1c(C)c(C)c(O)c(-n2cccn2)c1C. The number of carbonyl (C=O) groups is 1. The van der Waals surface area contributed by atoms with Crippen molar-refractivity contribution in [3.63, 3.8) is 0 Å². The normalized spacial score (nSPS) is 10.7. The molecule has 1 aromatic heterocycles. The largest absolute Gasteiger partial charge is 0.505 e. The smallest absolute Gasteiger partial charge is 0.340 e. The zero-order valence-corrected chi connectivity index (χ0v) is 12.5. The van der Waals surface area contributed by atoms with Crippen LogP contribution in [-0.2, 0) is 9.47 Å². The molecule has 2 rings (SSSR count). The monoisotopic (exact) mass is 290 g/mol. The zero-order chi connectivity index (χ0) is 15.6. The maximum Gasteiger partial charge on any atom is 0.340 e. The molecule has 1 N–H and O–H groups in total. The highest BCUT2D eigenvalue weighted by atomic mass is 16.7. The number of rotatable bonds is 4. The molecule has 0 bridgehead atoms. The van der Waals surface area contributed by atoms with E-state index in [2.05, 4.69) is 5.10 Å². The second-order valence-electron chi connectivity index (χ2n) is 4.74. The van der Waals surface area contributed by atoms with Crippen molar-refractivity contribution in [1.29, 1.82) is 0 Å². The van der Waals surface area contributed by atoms with E-state index < -0.39 is 5.97 Å². The van der Waals surface area contributed by atoms with Gasteiger partial charge >= 0.3 is 5.97 Å². The molecular formula is C15H18N2O4. The van der Waals surface area contributed by atoms with Crippen LogP contribution < -0.4 is 0 Å². The van der Waals surface area contributed by atoms with Crippen molar-refractivity contribution in [3.8, 4) is 11.4 Å². The van der Waals surface area contributed by atoms with Gasteiger partial charge in [0, 0.05) is 19.5 Å². The number of ether oxygens (including phenoxy) is 2. The third kappa shape index (κ3) is 2.62. The van der Waals surface area contributed by atoms with Gasteiger partial charge in [0.25, 0.3) is 0 Å². The predicted molar refractivity (Wildman–Crippen MR) is 76.7 cm³/mol. The first-order valence-corrected chi connectivity index (χ1v) is 6.47. The summed E-state index contributed by atoms with van der Waals surface area (Å²) in [7, 11) is 1.45. The first-order valence-electron chi connectivity index (χ1n) is 6.47. The molecule has 6 nitrogen and oxygen atoms in total. The van der Waals surface area contributed by atoms with Crippen LogP contribution in [0.4, 0.5) is 0 Å². The van der Waals surface area contributed by atoms with Gasteiger partial charge in [0.05, 0.1) is 5.56 Å². The molecule has 0 fully saturated rings. The van der Waals surface area contributed by atoms with Crippen molar-refractivity contribution in [2.45, 2.75) is 20.8 Å². The summed E-state index contributed by atoms with van der Waals surface area (Å²) in [6.07, 6.45) is 3.32. The molecule has 0 aliphatic heterocycles. The molecule has 1 heterocycles. The summed E-state index contributed by atoms with van der Waals surface area (Å²) >= 11 is 0. The third-order valence-corrected chi connectivity index (χ3v) is 3.49. The molecule has 0 unspecified atom stereocenters. The van der Waals surface area contributed by atoms with Crippen LogP contribution in [0.1, 0.15) is 27.0 Å². The molecule has 21 heavy (non-hydrogen) atoms. The molecule has 0 radical (unpaired) electrons. The summed E-state index contributed by atoms with van der Waals surface area (Å²) in [5.41, 5.74) is 2.82. The van der Waals surface area contributed by atoms with Crippen LogP contribution >= 0.6 is 0 Å². The Morgan fingerprint density at radius 2 is 2.00 bits per heavy atom. The summed E-state index contributed by atoms with van der Waals surface area (Å²) in [6.45, 7) is 5.17. The highest BCUT2D eigenvalue weighted by Crippen LogP contribution is 2.34. The van der Waals surface area contributed by atoms with Crippen molar-refractivity contribution >= 4 is 5.97 Å². The first kappa shape index (κ1) is 15.1. The Labute approximate surface area is 122 Å². The van der Waals surface area contributed by atoms with Crippen LogP contribution in [0.2, 0.25) is 0 Å². The minimum atomic E-state index is -0.483. The minimum absolute atomic E-state index is 0.108. The zero-order valence-electron chi connectivity index (χ0n) is 12.5. The number of nitrogens with zero attached hydrogens (tertiary/aromatic N) is 2. The van der Waals surface area contributed by atoms with Gasteiger partial charge in [-0.05, 0) is 43.5 Å². The van der Waals surface area contributed by atoms with E-state index in [9.17, 15) is 9.90 Å². The van der Waals surface area contributed by atoms with Crippen molar-refractivity contribution < 1.29 is 19.4 Å². The molecule has 2 aromatic rings. The number of phenols is 1. The lowest BCUT2D eigenvalue weighted by Gasteiger charge is -2.18. The van der Waals surface area contributed by atoms with E-state index in [0.29, 0.717) is 27.9 Å². The fraction of sp³-hybridized carbons (Fsp3) is 0.333. The fourth-order valence-corrected chi connectivity index (χ4v) is 2.29. The number of carbonyl (C=O) groups excluding carboxylic acids is 1. The van der Waals surface area contributed by atoms with Gasteiger partial charge in [-0.25, -0.2) is 9.48 Å². The van der Waals surface area contributed by atoms with Gasteiger partial charge in [0.15, 0.2) is 6.79 Å². The molecule has 1 aromatic carbocycles. The van der Waals surface area contributed by atoms with Gasteiger partial charge in [-0.1, -0.05) is 0 Å². The van der Waals surface area contributed by atoms with Gasteiger partial charge < -0.3 is 14.6 Å². The van der Waals surface area contributed by atoms with E-state index in [-0.39, 0.29) is 12.5 Å². The number of methoxy groups -OCH3 is 1. The molecule has 0 saturated heterocycles. The van der Waals surface area contributed by atoms with Gasteiger partial charge in [0.2, 0.25) is 0 Å². The Hall–Kier alpha value is -2.34. The summed E-state index contributed by atoms with van der Waals surface area (Å²) < 4.78 is 11.3. The van der Waals surface area contributed by atoms with Gasteiger partial charge in [-0.15, -0.1) is 0 Å². The van der Waals surface area contributed by atoms with Gasteiger partial charge in [0.1, 0.15) is 11.4 Å². The van der Waals surface area contributed by atoms with Crippen molar-refractivity contribution in [1.82, 2.24) is 9.78 Å². The molecule has 6 heteroatoms. The molecule has 0 aliphatic rings. The summed E-state index contributed by atoms with van der Waals surface area (Å²) in [5.74, 6) is -0.375. The van der Waals surface area contributed by atoms with E-state index in [0.717, 1.165) is 0 Å². The molecular weight excluding hydrogens is 272 g/mol.